The first-order valence-corrected chi connectivity index (χ1v) is 13.4. The van der Waals surface area contributed by atoms with E-state index in [9.17, 15) is 22.8 Å². The van der Waals surface area contributed by atoms with E-state index in [0.717, 1.165) is 57.1 Å². The number of likely N-dealkylation sites (tertiary alicyclic amines) is 1. The maximum Gasteiger partial charge on any atom is 0.402 e. The molecule has 2 heterocycles. The molecule has 0 radical (unpaired) electrons. The Labute approximate surface area is 217 Å². The Morgan fingerprint density at radius 2 is 1.84 bits per heavy atom. The second-order valence-electron chi connectivity index (χ2n) is 11.6. The molecule has 3 fully saturated rings. The molecule has 1 aromatic rings. The van der Waals surface area contributed by atoms with Gasteiger partial charge in [0.05, 0.1) is 25.2 Å². The van der Waals surface area contributed by atoms with Crippen LogP contribution >= 0.6 is 0 Å². The zero-order chi connectivity index (χ0) is 26.9. The van der Waals surface area contributed by atoms with Crippen molar-refractivity contribution in [1.29, 1.82) is 0 Å². The van der Waals surface area contributed by atoms with Gasteiger partial charge in [-0.2, -0.15) is 13.2 Å². The smallest absolute Gasteiger partial charge is 0.402 e. The summed E-state index contributed by atoms with van der Waals surface area (Å²) in [5, 5.41) is 3.33. The van der Waals surface area contributed by atoms with Crippen molar-refractivity contribution in [3.63, 3.8) is 0 Å². The standard InChI is InChI=1S/C28H39F3N2O4/c1-4-37-24(35)27(11-6-5-7-12-27)21-10-8-9-20(13-21)15-36-16-22-14-32-17-26(22)18-33(19-26)23(34)25(2,3)28(29,30)31/h8-10,13,22,32H,4-7,11-12,14-19H2,1-3H3/t22-/m0/s1. The Bertz CT molecular complexity index is 982. The van der Waals surface area contributed by atoms with E-state index in [4.69, 9.17) is 9.47 Å². The molecular weight excluding hydrogens is 485 g/mol. The summed E-state index contributed by atoms with van der Waals surface area (Å²) in [7, 11) is 0. The van der Waals surface area contributed by atoms with Crippen LogP contribution < -0.4 is 5.32 Å². The van der Waals surface area contributed by atoms with Gasteiger partial charge >= 0.3 is 12.1 Å². The zero-order valence-electron chi connectivity index (χ0n) is 22.1. The summed E-state index contributed by atoms with van der Waals surface area (Å²) in [6.45, 7) is 6.89. The molecule has 1 amide bonds. The summed E-state index contributed by atoms with van der Waals surface area (Å²) in [5.41, 5.74) is -1.29. The normalized spacial score (nSPS) is 23.1. The van der Waals surface area contributed by atoms with Crippen LogP contribution in [-0.2, 0) is 31.1 Å². The summed E-state index contributed by atoms with van der Waals surface area (Å²) in [6.07, 6.45) is 0.102. The van der Waals surface area contributed by atoms with Gasteiger partial charge in [0.15, 0.2) is 0 Å². The molecule has 1 aromatic carbocycles. The molecule has 1 aliphatic carbocycles. The summed E-state index contributed by atoms with van der Waals surface area (Å²) in [6, 6.07) is 7.99. The van der Waals surface area contributed by atoms with Crippen molar-refractivity contribution >= 4 is 11.9 Å². The topological polar surface area (TPSA) is 67.9 Å². The van der Waals surface area contributed by atoms with Crippen molar-refractivity contribution in [2.24, 2.45) is 16.7 Å². The Morgan fingerprint density at radius 3 is 2.49 bits per heavy atom. The van der Waals surface area contributed by atoms with E-state index in [1.165, 1.54) is 4.90 Å². The van der Waals surface area contributed by atoms with Crippen LogP contribution in [0.1, 0.15) is 64.0 Å². The second-order valence-corrected chi connectivity index (χ2v) is 11.6. The van der Waals surface area contributed by atoms with Gasteiger partial charge in [0.1, 0.15) is 5.41 Å². The predicted molar refractivity (Wildman–Crippen MR) is 133 cm³/mol. The molecule has 1 spiro atoms. The van der Waals surface area contributed by atoms with Crippen LogP contribution in [0.15, 0.2) is 24.3 Å². The average Bonchev–Trinajstić information content (AvgIpc) is 3.26. The van der Waals surface area contributed by atoms with Gasteiger partial charge in [-0.15, -0.1) is 0 Å². The molecule has 37 heavy (non-hydrogen) atoms. The number of nitrogens with zero attached hydrogens (tertiary/aromatic N) is 1. The maximum absolute atomic E-state index is 13.3. The van der Waals surface area contributed by atoms with Gasteiger partial charge in [-0.05, 0) is 44.7 Å². The third kappa shape index (κ3) is 5.26. The molecule has 6 nitrogen and oxygen atoms in total. The largest absolute Gasteiger partial charge is 0.465 e. The first-order valence-electron chi connectivity index (χ1n) is 13.4. The number of amides is 1. The van der Waals surface area contributed by atoms with Crippen LogP contribution in [0.2, 0.25) is 0 Å². The first-order chi connectivity index (χ1) is 17.5. The van der Waals surface area contributed by atoms with Gasteiger partial charge in [-0.25, -0.2) is 0 Å². The molecule has 1 saturated carbocycles. The minimum atomic E-state index is -4.58. The lowest BCUT2D eigenvalue weighted by Gasteiger charge is -2.52. The van der Waals surface area contributed by atoms with Crippen molar-refractivity contribution in [1.82, 2.24) is 10.2 Å². The lowest BCUT2D eigenvalue weighted by Crippen LogP contribution is -2.65. The third-order valence-corrected chi connectivity index (χ3v) is 8.72. The molecule has 2 aliphatic heterocycles. The van der Waals surface area contributed by atoms with Crippen molar-refractivity contribution < 1.29 is 32.2 Å². The Kier molecular flexibility index (Phi) is 7.96. The van der Waals surface area contributed by atoms with Crippen molar-refractivity contribution in [2.75, 3.05) is 39.4 Å². The number of carbonyl (C=O) groups is 2. The molecule has 1 N–H and O–H groups in total. The maximum atomic E-state index is 13.3. The van der Waals surface area contributed by atoms with E-state index in [1.54, 1.807) is 0 Å². The quantitative estimate of drug-likeness (QED) is 0.504. The van der Waals surface area contributed by atoms with Crippen molar-refractivity contribution in [2.45, 2.75) is 71.1 Å². The third-order valence-electron chi connectivity index (χ3n) is 8.72. The minimum absolute atomic E-state index is 0.109. The lowest BCUT2D eigenvalue weighted by atomic mass is 9.69. The number of hydrogen-bond acceptors (Lipinski definition) is 5. The number of nitrogens with one attached hydrogen (secondary N) is 1. The predicted octanol–water partition coefficient (Wildman–Crippen LogP) is 4.60. The Balaban J connectivity index is 1.36. The fourth-order valence-corrected chi connectivity index (χ4v) is 6.15. The zero-order valence-corrected chi connectivity index (χ0v) is 22.1. The van der Waals surface area contributed by atoms with E-state index >= 15 is 0 Å². The highest BCUT2D eigenvalue weighted by molar-refractivity contribution is 5.84. The number of alkyl halides is 3. The average molecular weight is 525 g/mol. The van der Waals surface area contributed by atoms with Gasteiger partial charge in [0, 0.05) is 37.5 Å². The van der Waals surface area contributed by atoms with Gasteiger partial charge in [0.2, 0.25) is 5.91 Å². The van der Waals surface area contributed by atoms with Gasteiger partial charge in [-0.1, -0.05) is 43.5 Å². The minimum Gasteiger partial charge on any atom is -0.465 e. The van der Waals surface area contributed by atoms with Gasteiger partial charge in [-0.3, -0.25) is 9.59 Å². The Morgan fingerprint density at radius 1 is 1.14 bits per heavy atom. The molecule has 9 heteroatoms. The molecule has 0 unspecified atom stereocenters. The fraction of sp³-hybridized carbons (Fsp3) is 0.714. The monoisotopic (exact) mass is 524 g/mol. The van der Waals surface area contributed by atoms with Crippen LogP contribution in [0, 0.1) is 16.7 Å². The van der Waals surface area contributed by atoms with Gasteiger partial charge < -0.3 is 19.7 Å². The summed E-state index contributed by atoms with van der Waals surface area (Å²) in [5.74, 6) is -0.908. The van der Waals surface area contributed by atoms with E-state index in [0.29, 0.717) is 46.0 Å². The first kappa shape index (κ1) is 27.9. The lowest BCUT2D eigenvalue weighted by molar-refractivity contribution is -0.223. The van der Waals surface area contributed by atoms with Crippen LogP contribution in [0.5, 0.6) is 0 Å². The molecule has 206 valence electrons. The van der Waals surface area contributed by atoms with Crippen molar-refractivity contribution in [3.8, 4) is 0 Å². The fourth-order valence-electron chi connectivity index (χ4n) is 6.15. The summed E-state index contributed by atoms with van der Waals surface area (Å²) in [4.78, 5) is 26.8. The van der Waals surface area contributed by atoms with Crippen LogP contribution in [0.4, 0.5) is 13.2 Å². The number of ether oxygens (including phenoxy) is 2. The number of halogens is 3. The number of hydrogen-bond donors (Lipinski definition) is 1. The molecule has 1 atom stereocenters. The number of esters is 1. The van der Waals surface area contributed by atoms with Gasteiger partial charge in [0.25, 0.3) is 0 Å². The van der Waals surface area contributed by atoms with Crippen LogP contribution in [0.3, 0.4) is 0 Å². The van der Waals surface area contributed by atoms with E-state index in [-0.39, 0.29) is 17.3 Å². The summed E-state index contributed by atoms with van der Waals surface area (Å²) >= 11 is 0. The number of carbonyl (C=O) groups excluding carboxylic acids is 2. The SMILES string of the molecule is CCOC(=O)C1(c2cccc(COC[C@@H]3CNCC34CN(C(=O)C(C)(C)C(F)(F)F)C4)c2)CCCCC1. The number of rotatable bonds is 8. The molecule has 2 saturated heterocycles. The molecule has 0 bridgehead atoms. The highest BCUT2D eigenvalue weighted by Gasteiger charge is 2.60. The van der Waals surface area contributed by atoms with Crippen LogP contribution in [0.25, 0.3) is 0 Å². The Hall–Kier alpha value is -2.13. The molecular formula is C28H39F3N2O4. The highest BCUT2D eigenvalue weighted by Crippen LogP contribution is 2.46. The summed E-state index contributed by atoms with van der Waals surface area (Å²) < 4.78 is 51.5. The van der Waals surface area contributed by atoms with E-state index < -0.39 is 22.9 Å². The van der Waals surface area contributed by atoms with E-state index in [1.807, 2.05) is 31.2 Å². The van der Waals surface area contributed by atoms with Crippen LogP contribution in [-0.4, -0.2) is 62.3 Å². The van der Waals surface area contributed by atoms with E-state index in [2.05, 4.69) is 5.32 Å². The highest BCUT2D eigenvalue weighted by atomic mass is 19.4. The molecule has 0 aromatic heterocycles. The molecule has 4 rings (SSSR count). The van der Waals surface area contributed by atoms with Crippen molar-refractivity contribution in [3.05, 3.63) is 35.4 Å². The molecule has 3 aliphatic rings. The number of benzene rings is 1. The second kappa shape index (κ2) is 10.6.